The summed E-state index contributed by atoms with van der Waals surface area (Å²) >= 11 is 0. The molecule has 3 heterocycles. The molecule has 6 nitrogen and oxygen atoms in total. The molecular formula is C20H23Cl2N5O. The van der Waals surface area contributed by atoms with Crippen molar-refractivity contribution in [3.63, 3.8) is 0 Å². The maximum atomic E-state index is 12.1. The molecule has 1 aliphatic heterocycles. The molecule has 2 fully saturated rings. The number of nitrogens with two attached hydrogens (primary N) is 1. The summed E-state index contributed by atoms with van der Waals surface area (Å²) in [6, 6.07) is 6.11. The molecule has 0 aromatic carbocycles. The number of amides is 1. The molecule has 0 bridgehead atoms. The first-order valence-electron chi connectivity index (χ1n) is 9.22. The molecule has 1 atom stereocenters. The summed E-state index contributed by atoms with van der Waals surface area (Å²) in [5.74, 6) is 1.61. The highest BCUT2D eigenvalue weighted by molar-refractivity contribution is 5.92. The standard InChI is InChI=1S/C20H21N5O.2ClH/c21-19(26)20(8-1-9-22-12-20)15-6-7-18(23-11-15)25-17(14-4-5-14)10-16(24-25)13-2-3-13;;/h1,6-11,13-14H,2-5,12H2,(H2,21,26);2*1H. The molecule has 28 heavy (non-hydrogen) atoms. The summed E-state index contributed by atoms with van der Waals surface area (Å²) in [5, 5.41) is 4.82. The Kier molecular flexibility index (Phi) is 5.64. The van der Waals surface area contributed by atoms with Gasteiger partial charge in [-0.1, -0.05) is 12.1 Å². The lowest BCUT2D eigenvalue weighted by molar-refractivity contribution is -0.121. The van der Waals surface area contributed by atoms with Gasteiger partial charge >= 0.3 is 0 Å². The van der Waals surface area contributed by atoms with Gasteiger partial charge in [-0.3, -0.25) is 9.79 Å². The highest BCUT2D eigenvalue weighted by Gasteiger charge is 2.37. The summed E-state index contributed by atoms with van der Waals surface area (Å²) in [7, 11) is 0. The second kappa shape index (κ2) is 7.68. The number of carbonyl (C=O) groups is 1. The van der Waals surface area contributed by atoms with E-state index in [1.54, 1.807) is 18.5 Å². The first-order chi connectivity index (χ1) is 12.7. The summed E-state index contributed by atoms with van der Waals surface area (Å²) in [5.41, 5.74) is 8.00. The zero-order chi connectivity index (χ0) is 17.7. The van der Waals surface area contributed by atoms with Crippen LogP contribution in [0.4, 0.5) is 0 Å². The van der Waals surface area contributed by atoms with E-state index in [2.05, 4.69) is 16.0 Å². The average molecular weight is 420 g/mol. The van der Waals surface area contributed by atoms with Crippen LogP contribution in [0.2, 0.25) is 0 Å². The van der Waals surface area contributed by atoms with E-state index in [9.17, 15) is 4.79 Å². The van der Waals surface area contributed by atoms with Gasteiger partial charge in [-0.15, -0.1) is 24.8 Å². The van der Waals surface area contributed by atoms with Crippen LogP contribution >= 0.6 is 24.8 Å². The van der Waals surface area contributed by atoms with Crippen LogP contribution in [0, 0.1) is 0 Å². The molecule has 3 aliphatic rings. The predicted octanol–water partition coefficient (Wildman–Crippen LogP) is 3.23. The third kappa shape index (κ3) is 3.47. The number of hydrogen-bond acceptors (Lipinski definition) is 4. The maximum absolute atomic E-state index is 12.1. The molecule has 5 rings (SSSR count). The van der Waals surface area contributed by atoms with Gasteiger partial charge in [-0.25, -0.2) is 9.67 Å². The fraction of sp³-hybridized carbons (Fsp3) is 0.400. The van der Waals surface area contributed by atoms with Crippen molar-refractivity contribution in [1.29, 1.82) is 0 Å². The lowest BCUT2D eigenvalue weighted by Crippen LogP contribution is -2.43. The lowest BCUT2D eigenvalue weighted by Gasteiger charge is -2.27. The quantitative estimate of drug-likeness (QED) is 0.806. The van der Waals surface area contributed by atoms with Crippen LogP contribution in [0.1, 0.15) is 54.5 Å². The van der Waals surface area contributed by atoms with Crippen LogP contribution in [0.3, 0.4) is 0 Å². The molecule has 0 spiro atoms. The summed E-state index contributed by atoms with van der Waals surface area (Å²) in [6.07, 6.45) is 11.9. The van der Waals surface area contributed by atoms with E-state index in [4.69, 9.17) is 10.8 Å². The first kappa shape index (κ1) is 20.6. The van der Waals surface area contributed by atoms with E-state index in [1.165, 1.54) is 37.1 Å². The number of halogens is 2. The molecule has 2 N–H and O–H groups in total. The smallest absolute Gasteiger partial charge is 0.233 e. The summed E-state index contributed by atoms with van der Waals surface area (Å²) in [4.78, 5) is 21.0. The number of pyridine rings is 1. The van der Waals surface area contributed by atoms with Crippen molar-refractivity contribution in [2.45, 2.75) is 42.9 Å². The Morgan fingerprint density at radius 3 is 2.43 bits per heavy atom. The summed E-state index contributed by atoms with van der Waals surface area (Å²) in [6.45, 7) is 0.320. The molecule has 0 saturated heterocycles. The van der Waals surface area contributed by atoms with Gasteiger partial charge in [0.2, 0.25) is 5.91 Å². The Morgan fingerprint density at radius 2 is 1.89 bits per heavy atom. The zero-order valence-corrected chi connectivity index (χ0v) is 17.0. The number of dihydropyridines is 1. The number of aromatic nitrogens is 3. The highest BCUT2D eigenvalue weighted by Crippen LogP contribution is 2.45. The fourth-order valence-corrected chi connectivity index (χ4v) is 3.63. The largest absolute Gasteiger partial charge is 0.369 e. The van der Waals surface area contributed by atoms with E-state index in [0.29, 0.717) is 18.4 Å². The van der Waals surface area contributed by atoms with Crippen LogP contribution in [-0.2, 0) is 10.2 Å². The van der Waals surface area contributed by atoms with E-state index in [1.807, 2.05) is 22.9 Å². The molecule has 1 unspecified atom stereocenters. The van der Waals surface area contributed by atoms with Crippen LogP contribution in [0.25, 0.3) is 5.82 Å². The van der Waals surface area contributed by atoms with Crippen molar-refractivity contribution in [3.8, 4) is 5.82 Å². The fourth-order valence-electron chi connectivity index (χ4n) is 3.63. The third-order valence-corrected chi connectivity index (χ3v) is 5.58. The van der Waals surface area contributed by atoms with Gasteiger partial charge < -0.3 is 5.73 Å². The number of primary amides is 1. The second-order valence-electron chi connectivity index (χ2n) is 7.54. The minimum absolute atomic E-state index is 0. The normalized spacial score (nSPS) is 23.0. The molecule has 2 saturated carbocycles. The van der Waals surface area contributed by atoms with Gasteiger partial charge in [-0.05, 0) is 49.5 Å². The molecule has 1 amide bonds. The molecular weight excluding hydrogens is 397 g/mol. The van der Waals surface area contributed by atoms with Crippen molar-refractivity contribution in [1.82, 2.24) is 14.8 Å². The van der Waals surface area contributed by atoms with Crippen LogP contribution in [0.5, 0.6) is 0 Å². The van der Waals surface area contributed by atoms with Crippen LogP contribution < -0.4 is 5.73 Å². The van der Waals surface area contributed by atoms with E-state index >= 15 is 0 Å². The first-order valence-corrected chi connectivity index (χ1v) is 9.22. The second-order valence-corrected chi connectivity index (χ2v) is 7.54. The van der Waals surface area contributed by atoms with E-state index < -0.39 is 11.3 Å². The van der Waals surface area contributed by atoms with Crippen LogP contribution in [-0.4, -0.2) is 33.4 Å². The Hall–Kier alpha value is -2.18. The molecule has 2 aromatic rings. The SMILES string of the molecule is Cl.Cl.NC(=O)C1(c2ccc(-n3nc(C4CC4)cc3C3CC3)nc2)C=CC=NC1. The van der Waals surface area contributed by atoms with Gasteiger partial charge in [0.1, 0.15) is 5.41 Å². The molecule has 8 heteroatoms. The topological polar surface area (TPSA) is 86.2 Å². The third-order valence-electron chi connectivity index (χ3n) is 5.58. The van der Waals surface area contributed by atoms with Gasteiger partial charge in [0, 0.05) is 29.9 Å². The Bertz CT molecular complexity index is 929. The lowest BCUT2D eigenvalue weighted by atomic mass is 9.79. The number of rotatable bonds is 5. The zero-order valence-electron chi connectivity index (χ0n) is 15.3. The van der Waals surface area contributed by atoms with Crippen molar-refractivity contribution >= 4 is 36.9 Å². The average Bonchev–Trinajstić information content (AvgIpc) is 3.61. The molecule has 2 aliphatic carbocycles. The van der Waals surface area contributed by atoms with Gasteiger partial charge in [-0.2, -0.15) is 5.10 Å². The minimum atomic E-state index is -0.914. The van der Waals surface area contributed by atoms with Crippen molar-refractivity contribution in [2.75, 3.05) is 6.54 Å². The number of aliphatic imine (C=N–C) groups is 1. The Morgan fingerprint density at radius 1 is 1.14 bits per heavy atom. The predicted molar refractivity (Wildman–Crippen MR) is 113 cm³/mol. The van der Waals surface area contributed by atoms with Crippen LogP contribution in [0.15, 0.2) is 41.5 Å². The summed E-state index contributed by atoms with van der Waals surface area (Å²) < 4.78 is 1.99. The highest BCUT2D eigenvalue weighted by atomic mass is 35.5. The van der Waals surface area contributed by atoms with Crippen molar-refractivity contribution in [2.24, 2.45) is 10.7 Å². The van der Waals surface area contributed by atoms with E-state index in [-0.39, 0.29) is 24.8 Å². The van der Waals surface area contributed by atoms with Crippen molar-refractivity contribution in [3.05, 3.63) is 53.5 Å². The Balaban J connectivity index is 0.00000112. The van der Waals surface area contributed by atoms with Gasteiger partial charge in [0.15, 0.2) is 5.82 Å². The van der Waals surface area contributed by atoms with Crippen molar-refractivity contribution < 1.29 is 4.79 Å². The number of allylic oxidation sites excluding steroid dienone is 1. The Labute approximate surface area is 176 Å². The monoisotopic (exact) mass is 419 g/mol. The number of nitrogens with zero attached hydrogens (tertiary/aromatic N) is 4. The molecule has 2 aromatic heterocycles. The van der Waals surface area contributed by atoms with E-state index in [0.717, 1.165) is 11.4 Å². The number of hydrogen-bond donors (Lipinski definition) is 1. The maximum Gasteiger partial charge on any atom is 0.233 e. The molecule has 0 radical (unpaired) electrons. The molecule has 148 valence electrons. The minimum Gasteiger partial charge on any atom is -0.369 e. The number of carbonyl (C=O) groups excluding carboxylic acids is 1. The van der Waals surface area contributed by atoms with Gasteiger partial charge in [0.25, 0.3) is 0 Å². The van der Waals surface area contributed by atoms with Gasteiger partial charge in [0.05, 0.1) is 12.2 Å².